The summed E-state index contributed by atoms with van der Waals surface area (Å²) < 4.78 is 0. The molecule has 152 valence electrons. The lowest BCUT2D eigenvalue weighted by molar-refractivity contribution is -0.119. The molecule has 0 aromatic carbocycles. The lowest BCUT2D eigenvalue weighted by Crippen LogP contribution is -2.47. The highest BCUT2D eigenvalue weighted by Gasteiger charge is 2.20. The van der Waals surface area contributed by atoms with E-state index in [1.807, 2.05) is 13.8 Å². The predicted molar refractivity (Wildman–Crippen MR) is 114 cm³/mol. The van der Waals surface area contributed by atoms with E-state index < -0.39 is 11.3 Å². The third-order valence-electron chi connectivity index (χ3n) is 5.10. The van der Waals surface area contributed by atoms with Crippen molar-refractivity contribution in [2.24, 2.45) is 0 Å². The first-order valence-electron chi connectivity index (χ1n) is 9.57. The molecule has 3 rings (SSSR count). The van der Waals surface area contributed by atoms with Gasteiger partial charge in [0.2, 0.25) is 5.91 Å². The van der Waals surface area contributed by atoms with Gasteiger partial charge in [-0.3, -0.25) is 14.9 Å². The summed E-state index contributed by atoms with van der Waals surface area (Å²) in [6.45, 7) is 5.63. The average molecular weight is 423 g/mol. The van der Waals surface area contributed by atoms with E-state index in [1.165, 1.54) is 29.5 Å². The summed E-state index contributed by atoms with van der Waals surface area (Å²) in [5.74, 6) is 0.583. The van der Waals surface area contributed by atoms with Crippen LogP contribution >= 0.6 is 23.1 Å². The molecule has 2 aromatic heterocycles. The molecule has 9 heteroatoms. The van der Waals surface area contributed by atoms with Gasteiger partial charge >= 0.3 is 6.03 Å². The van der Waals surface area contributed by atoms with Crippen molar-refractivity contribution in [1.29, 1.82) is 0 Å². The Morgan fingerprint density at radius 3 is 2.71 bits per heavy atom. The maximum Gasteiger partial charge on any atom is 0.321 e. The minimum Gasteiger partial charge on any atom is -0.335 e. The fraction of sp³-hybridized carbons (Fsp3) is 0.579. The van der Waals surface area contributed by atoms with Crippen molar-refractivity contribution in [3.05, 3.63) is 26.6 Å². The van der Waals surface area contributed by atoms with E-state index in [-0.39, 0.29) is 17.5 Å². The number of carbonyl (C=O) groups is 2. The number of nitrogens with zero attached hydrogens (tertiary/aromatic N) is 1. The third-order valence-corrected chi connectivity index (χ3v) is 7.36. The maximum absolute atomic E-state index is 12.3. The van der Waals surface area contributed by atoms with Crippen LogP contribution in [0.4, 0.5) is 4.79 Å². The first-order valence-corrected chi connectivity index (χ1v) is 11.4. The molecule has 0 aliphatic heterocycles. The number of imide groups is 1. The SMILES string of the molecule is Cc1sc2nc(CS[C@H](C)C(=O)NC(=O)NC3CCCCC3)[nH]c(=O)c2c1C. The summed E-state index contributed by atoms with van der Waals surface area (Å²) in [6.07, 6.45) is 5.37. The number of fused-ring (bicyclic) bond motifs is 1. The minimum absolute atomic E-state index is 0.147. The van der Waals surface area contributed by atoms with Crippen molar-refractivity contribution >= 4 is 45.3 Å². The molecule has 0 saturated heterocycles. The number of thioether (sulfide) groups is 1. The van der Waals surface area contributed by atoms with Crippen molar-refractivity contribution in [2.75, 3.05) is 0 Å². The van der Waals surface area contributed by atoms with E-state index in [0.29, 0.717) is 17.0 Å². The number of hydrogen-bond acceptors (Lipinski definition) is 6. The smallest absolute Gasteiger partial charge is 0.321 e. The molecule has 3 N–H and O–H groups in total. The van der Waals surface area contributed by atoms with E-state index >= 15 is 0 Å². The quantitative estimate of drug-likeness (QED) is 0.685. The Labute approximate surface area is 172 Å². The van der Waals surface area contributed by atoms with E-state index in [2.05, 4.69) is 20.6 Å². The van der Waals surface area contributed by atoms with Crippen LogP contribution in [0.2, 0.25) is 0 Å². The highest BCUT2D eigenvalue weighted by Crippen LogP contribution is 2.26. The molecule has 0 unspecified atom stereocenters. The zero-order valence-electron chi connectivity index (χ0n) is 16.4. The van der Waals surface area contributed by atoms with Crippen LogP contribution in [0.1, 0.15) is 55.3 Å². The fourth-order valence-corrected chi connectivity index (χ4v) is 5.13. The average Bonchev–Trinajstić information content (AvgIpc) is 2.94. The van der Waals surface area contributed by atoms with Gasteiger partial charge in [-0.1, -0.05) is 19.3 Å². The molecule has 28 heavy (non-hydrogen) atoms. The Bertz CT molecular complexity index is 931. The van der Waals surface area contributed by atoms with Crippen molar-refractivity contribution < 1.29 is 9.59 Å². The van der Waals surface area contributed by atoms with E-state index in [1.54, 1.807) is 6.92 Å². The van der Waals surface area contributed by atoms with E-state index in [9.17, 15) is 14.4 Å². The Morgan fingerprint density at radius 2 is 2.00 bits per heavy atom. The maximum atomic E-state index is 12.3. The lowest BCUT2D eigenvalue weighted by Gasteiger charge is -2.23. The number of rotatable bonds is 5. The number of thiophene rings is 1. The second kappa shape index (κ2) is 9.09. The third kappa shape index (κ3) is 4.94. The highest BCUT2D eigenvalue weighted by atomic mass is 32.2. The van der Waals surface area contributed by atoms with Crippen LogP contribution in [0.25, 0.3) is 10.2 Å². The summed E-state index contributed by atoms with van der Waals surface area (Å²) in [6, 6.07) is -0.273. The number of aryl methyl sites for hydroxylation is 2. The Hall–Kier alpha value is -1.87. The number of aromatic nitrogens is 2. The molecular weight excluding hydrogens is 396 g/mol. The van der Waals surface area contributed by atoms with Gasteiger partial charge in [0.1, 0.15) is 10.7 Å². The van der Waals surface area contributed by atoms with Crippen LogP contribution in [0.15, 0.2) is 4.79 Å². The van der Waals surface area contributed by atoms with Gasteiger partial charge < -0.3 is 10.3 Å². The Morgan fingerprint density at radius 1 is 1.29 bits per heavy atom. The van der Waals surface area contributed by atoms with Gasteiger partial charge in [0.15, 0.2) is 0 Å². The number of hydrogen-bond donors (Lipinski definition) is 3. The summed E-state index contributed by atoms with van der Waals surface area (Å²) in [7, 11) is 0. The monoisotopic (exact) mass is 422 g/mol. The molecule has 1 saturated carbocycles. The standard InChI is InChI=1S/C19H26N4O3S2/c1-10-11(2)28-18-15(10)17(25)21-14(22-18)9-27-12(3)16(24)23-19(26)20-13-7-5-4-6-8-13/h12-13H,4-9H2,1-3H3,(H,21,22,25)(H2,20,23,24,26)/t12-/m1/s1. The molecule has 1 atom stereocenters. The summed E-state index contributed by atoms with van der Waals surface area (Å²) in [5.41, 5.74) is 0.816. The molecule has 0 spiro atoms. The van der Waals surface area contributed by atoms with E-state index in [0.717, 1.165) is 41.0 Å². The largest absolute Gasteiger partial charge is 0.335 e. The van der Waals surface area contributed by atoms with Crippen LogP contribution in [-0.4, -0.2) is 33.2 Å². The number of nitrogens with one attached hydrogen (secondary N) is 3. The summed E-state index contributed by atoms with van der Waals surface area (Å²) in [5, 5.41) is 5.49. The van der Waals surface area contributed by atoms with Crippen LogP contribution in [0.5, 0.6) is 0 Å². The normalized spacial score (nSPS) is 16.1. The van der Waals surface area contributed by atoms with Gasteiger partial charge in [0, 0.05) is 10.9 Å². The summed E-state index contributed by atoms with van der Waals surface area (Å²) >= 11 is 2.83. The van der Waals surface area contributed by atoms with Crippen molar-refractivity contribution in [2.45, 2.75) is 69.9 Å². The fourth-order valence-electron chi connectivity index (χ4n) is 3.33. The summed E-state index contributed by atoms with van der Waals surface area (Å²) in [4.78, 5) is 45.7. The molecule has 0 radical (unpaired) electrons. The van der Waals surface area contributed by atoms with Crippen LogP contribution in [0.3, 0.4) is 0 Å². The van der Waals surface area contributed by atoms with Crippen molar-refractivity contribution in [1.82, 2.24) is 20.6 Å². The first kappa shape index (κ1) is 20.9. The minimum atomic E-state index is -0.440. The Kier molecular flexibility index (Phi) is 6.77. The molecule has 2 aromatic rings. The second-order valence-electron chi connectivity index (χ2n) is 7.23. The molecular formula is C19H26N4O3S2. The topological polar surface area (TPSA) is 104 Å². The molecule has 1 aliphatic rings. The van der Waals surface area contributed by atoms with Crippen molar-refractivity contribution in [3.8, 4) is 0 Å². The number of amides is 3. The number of H-pyrrole nitrogens is 1. The number of aromatic amines is 1. The molecule has 1 aliphatic carbocycles. The van der Waals surface area contributed by atoms with Crippen LogP contribution in [0, 0.1) is 13.8 Å². The van der Waals surface area contributed by atoms with Gasteiger partial charge in [0.05, 0.1) is 16.4 Å². The van der Waals surface area contributed by atoms with Gasteiger partial charge in [-0.15, -0.1) is 23.1 Å². The van der Waals surface area contributed by atoms with Gasteiger partial charge in [-0.05, 0) is 39.2 Å². The molecule has 0 bridgehead atoms. The number of carbonyl (C=O) groups excluding carboxylic acids is 2. The van der Waals surface area contributed by atoms with Crippen LogP contribution in [-0.2, 0) is 10.5 Å². The Balaban J connectivity index is 1.53. The van der Waals surface area contributed by atoms with Gasteiger partial charge in [-0.2, -0.15) is 0 Å². The van der Waals surface area contributed by atoms with Crippen LogP contribution < -0.4 is 16.2 Å². The molecule has 1 fully saturated rings. The zero-order valence-corrected chi connectivity index (χ0v) is 18.0. The second-order valence-corrected chi connectivity index (χ2v) is 9.76. The lowest BCUT2D eigenvalue weighted by atomic mass is 9.96. The number of urea groups is 1. The first-order chi connectivity index (χ1) is 13.3. The molecule has 2 heterocycles. The van der Waals surface area contributed by atoms with Crippen molar-refractivity contribution in [3.63, 3.8) is 0 Å². The predicted octanol–water partition coefficient (Wildman–Crippen LogP) is 3.38. The highest BCUT2D eigenvalue weighted by molar-refractivity contribution is 7.99. The van der Waals surface area contributed by atoms with Gasteiger partial charge in [0.25, 0.3) is 5.56 Å². The molecule has 3 amide bonds. The molecule has 7 nitrogen and oxygen atoms in total. The zero-order chi connectivity index (χ0) is 20.3. The van der Waals surface area contributed by atoms with Gasteiger partial charge in [-0.25, -0.2) is 9.78 Å². The van der Waals surface area contributed by atoms with E-state index in [4.69, 9.17) is 0 Å².